The molecule has 3 fully saturated rings. The molecule has 1 aromatic carbocycles. The Labute approximate surface area is 186 Å². The van der Waals surface area contributed by atoms with Gasteiger partial charge in [0.05, 0.1) is 4.90 Å². The molecule has 0 amide bonds. The Balaban J connectivity index is 0.000000199. The van der Waals surface area contributed by atoms with Crippen LogP contribution in [0.1, 0.15) is 102 Å². The number of rotatable bonds is 4. The van der Waals surface area contributed by atoms with E-state index in [1.54, 1.807) is 108 Å². The van der Waals surface area contributed by atoms with Crippen LogP contribution in [-0.4, -0.2) is 21.8 Å². The Morgan fingerprint density at radius 3 is 1.30 bits per heavy atom. The lowest BCUT2D eigenvalue weighted by Crippen LogP contribution is -2.35. The van der Waals surface area contributed by atoms with E-state index in [-0.39, 0.29) is 4.90 Å². The van der Waals surface area contributed by atoms with E-state index in [4.69, 9.17) is 4.55 Å². The Morgan fingerprint density at radius 2 is 1.00 bits per heavy atom. The SMILES string of the molecule is C1CCC([SiH](C2CCCCC2)C2CCCCC2)CC1.Cc1ccc(S(=O)(=O)O)cc1. The first-order valence-corrected chi connectivity index (χ1v) is 15.9. The monoisotopic (exact) mass is 450 g/mol. The maximum Gasteiger partial charge on any atom is 0.294 e. The van der Waals surface area contributed by atoms with Crippen LogP contribution in [0.5, 0.6) is 0 Å². The van der Waals surface area contributed by atoms with Crippen LogP contribution in [0.25, 0.3) is 0 Å². The first-order chi connectivity index (χ1) is 14.4. The first kappa shape index (κ1) is 24.0. The molecule has 5 heteroatoms. The van der Waals surface area contributed by atoms with Crippen LogP contribution in [0.3, 0.4) is 0 Å². The quantitative estimate of drug-likeness (QED) is 0.382. The average Bonchev–Trinajstić information content (AvgIpc) is 2.76. The molecule has 30 heavy (non-hydrogen) atoms. The highest BCUT2D eigenvalue weighted by atomic mass is 32.2. The fourth-order valence-electron chi connectivity index (χ4n) is 6.42. The molecule has 1 N–H and O–H groups in total. The van der Waals surface area contributed by atoms with E-state index in [0.717, 1.165) is 5.56 Å². The summed E-state index contributed by atoms with van der Waals surface area (Å²) in [5, 5.41) is 0. The van der Waals surface area contributed by atoms with Crippen LogP contribution < -0.4 is 0 Å². The molecule has 0 heterocycles. The smallest absolute Gasteiger partial charge is 0.282 e. The summed E-state index contributed by atoms with van der Waals surface area (Å²) >= 11 is 0. The molecule has 3 aliphatic carbocycles. The van der Waals surface area contributed by atoms with Crippen LogP contribution in [0.15, 0.2) is 29.2 Å². The van der Waals surface area contributed by atoms with Gasteiger partial charge in [-0.05, 0) is 35.7 Å². The predicted octanol–water partition coefficient (Wildman–Crippen LogP) is 7.46. The summed E-state index contributed by atoms with van der Waals surface area (Å²) in [5.41, 5.74) is 4.75. The van der Waals surface area contributed by atoms with Gasteiger partial charge in [-0.15, -0.1) is 0 Å². The summed E-state index contributed by atoms with van der Waals surface area (Å²) in [6.07, 6.45) is 24.0. The van der Waals surface area contributed by atoms with E-state index in [1.165, 1.54) is 28.8 Å². The van der Waals surface area contributed by atoms with Gasteiger partial charge in [-0.2, -0.15) is 8.42 Å². The highest BCUT2D eigenvalue weighted by molar-refractivity contribution is 7.85. The second-order valence-electron chi connectivity index (χ2n) is 10.1. The van der Waals surface area contributed by atoms with Gasteiger partial charge in [0.15, 0.2) is 0 Å². The standard InChI is InChI=1S/C18H34Si.C7H8O3S/c1-4-10-16(11-5-1)19(17-12-6-2-7-13-17)18-14-8-3-9-15-18;1-6-2-4-7(5-3-6)11(8,9)10/h16-19H,1-15H2;2-5H,1H3,(H,8,9,10). The van der Waals surface area contributed by atoms with E-state index < -0.39 is 18.9 Å². The zero-order valence-electron chi connectivity index (χ0n) is 18.9. The van der Waals surface area contributed by atoms with Gasteiger partial charge in [-0.1, -0.05) is 114 Å². The van der Waals surface area contributed by atoms with Gasteiger partial charge >= 0.3 is 0 Å². The number of hydrogen-bond donors (Lipinski definition) is 1. The van der Waals surface area contributed by atoms with Gasteiger partial charge < -0.3 is 0 Å². The van der Waals surface area contributed by atoms with E-state index >= 15 is 0 Å². The van der Waals surface area contributed by atoms with Gasteiger partial charge in [-0.3, -0.25) is 4.55 Å². The normalized spacial score (nSPS) is 22.5. The third-order valence-electron chi connectivity index (χ3n) is 7.90. The molecule has 170 valence electrons. The van der Waals surface area contributed by atoms with Gasteiger partial charge in [0.25, 0.3) is 10.1 Å². The minimum Gasteiger partial charge on any atom is -0.282 e. The van der Waals surface area contributed by atoms with Crippen LogP contribution in [0.4, 0.5) is 0 Å². The summed E-state index contributed by atoms with van der Waals surface area (Å²) < 4.78 is 29.6. The Morgan fingerprint density at radius 1 is 0.667 bits per heavy atom. The Kier molecular flexibility index (Phi) is 9.46. The van der Waals surface area contributed by atoms with Gasteiger partial charge in [0.1, 0.15) is 0 Å². The molecule has 3 saturated carbocycles. The Hall–Kier alpha value is -0.653. The van der Waals surface area contributed by atoms with Gasteiger partial charge in [0, 0.05) is 8.80 Å². The Bertz CT molecular complexity index is 670. The molecule has 0 bridgehead atoms. The van der Waals surface area contributed by atoms with Crippen molar-refractivity contribution in [3.63, 3.8) is 0 Å². The fourth-order valence-corrected chi connectivity index (χ4v) is 12.9. The van der Waals surface area contributed by atoms with Crippen molar-refractivity contribution in [2.24, 2.45) is 0 Å². The van der Waals surface area contributed by atoms with E-state index in [0.29, 0.717) is 0 Å². The summed E-state index contributed by atoms with van der Waals surface area (Å²) in [5.74, 6) is 0. The molecule has 1 aromatic rings. The van der Waals surface area contributed by atoms with Crippen LogP contribution >= 0.6 is 0 Å². The predicted molar refractivity (Wildman–Crippen MR) is 129 cm³/mol. The van der Waals surface area contributed by atoms with Crippen molar-refractivity contribution < 1.29 is 13.0 Å². The maximum atomic E-state index is 10.5. The first-order valence-electron chi connectivity index (χ1n) is 12.5. The molecule has 0 radical (unpaired) electrons. The fraction of sp³-hybridized carbons (Fsp3) is 0.760. The lowest BCUT2D eigenvalue weighted by Gasteiger charge is -2.42. The molecule has 0 saturated heterocycles. The minimum absolute atomic E-state index is 0.0666. The average molecular weight is 451 g/mol. The molecular weight excluding hydrogens is 408 g/mol. The zero-order valence-corrected chi connectivity index (χ0v) is 20.9. The van der Waals surface area contributed by atoms with Crippen molar-refractivity contribution in [2.45, 2.75) is 125 Å². The zero-order chi connectivity index (χ0) is 21.4. The number of hydrogen-bond acceptors (Lipinski definition) is 2. The molecule has 0 aliphatic heterocycles. The van der Waals surface area contributed by atoms with Crippen molar-refractivity contribution in [2.75, 3.05) is 0 Å². The molecule has 0 atom stereocenters. The van der Waals surface area contributed by atoms with Crippen molar-refractivity contribution >= 4 is 18.9 Å². The number of aryl methyl sites for hydroxylation is 1. The number of benzene rings is 1. The largest absolute Gasteiger partial charge is 0.294 e. The van der Waals surface area contributed by atoms with Crippen molar-refractivity contribution in [3.05, 3.63) is 29.8 Å². The summed E-state index contributed by atoms with van der Waals surface area (Å²) in [7, 11) is -4.50. The second kappa shape index (κ2) is 11.8. The maximum absolute atomic E-state index is 10.5. The van der Waals surface area contributed by atoms with E-state index in [1.807, 2.05) is 6.92 Å². The van der Waals surface area contributed by atoms with E-state index in [9.17, 15) is 8.42 Å². The van der Waals surface area contributed by atoms with Crippen molar-refractivity contribution in [3.8, 4) is 0 Å². The molecule has 4 rings (SSSR count). The summed E-state index contributed by atoms with van der Waals surface area (Å²) in [6, 6.07) is 5.99. The molecular formula is C25H42O3SSi. The highest BCUT2D eigenvalue weighted by Gasteiger charge is 2.38. The van der Waals surface area contributed by atoms with Crippen LogP contribution in [0, 0.1) is 6.92 Å². The van der Waals surface area contributed by atoms with Crippen LogP contribution in [-0.2, 0) is 10.1 Å². The lowest BCUT2D eigenvalue weighted by atomic mass is 9.98. The second-order valence-corrected chi connectivity index (χ2v) is 15.5. The third kappa shape index (κ3) is 7.20. The highest BCUT2D eigenvalue weighted by Crippen LogP contribution is 2.49. The van der Waals surface area contributed by atoms with Crippen LogP contribution in [0.2, 0.25) is 16.6 Å². The molecule has 0 spiro atoms. The summed E-state index contributed by atoms with van der Waals surface area (Å²) in [4.78, 5) is -0.0666. The molecule has 3 nitrogen and oxygen atoms in total. The molecule has 3 aliphatic rings. The van der Waals surface area contributed by atoms with Crippen molar-refractivity contribution in [1.29, 1.82) is 0 Å². The minimum atomic E-state index is -4.02. The van der Waals surface area contributed by atoms with Crippen molar-refractivity contribution in [1.82, 2.24) is 0 Å². The van der Waals surface area contributed by atoms with E-state index in [2.05, 4.69) is 0 Å². The summed E-state index contributed by atoms with van der Waals surface area (Å²) in [6.45, 7) is 1.84. The molecule has 0 unspecified atom stereocenters. The third-order valence-corrected chi connectivity index (χ3v) is 14.0. The van der Waals surface area contributed by atoms with Gasteiger partial charge in [0.2, 0.25) is 0 Å². The topological polar surface area (TPSA) is 54.4 Å². The van der Waals surface area contributed by atoms with Gasteiger partial charge in [-0.25, -0.2) is 0 Å². The molecule has 0 aromatic heterocycles. The lowest BCUT2D eigenvalue weighted by molar-refractivity contribution is 0.429.